The van der Waals surface area contributed by atoms with Crippen molar-refractivity contribution in [2.75, 3.05) is 5.32 Å². The van der Waals surface area contributed by atoms with Gasteiger partial charge in [0.25, 0.3) is 0 Å². The third-order valence-electron chi connectivity index (χ3n) is 4.99. The summed E-state index contributed by atoms with van der Waals surface area (Å²) in [6.45, 7) is 1.55. The first-order valence-corrected chi connectivity index (χ1v) is 9.93. The molecule has 0 radical (unpaired) electrons. The van der Waals surface area contributed by atoms with Crippen LogP contribution >= 0.6 is 0 Å². The number of hydrogen-bond acceptors (Lipinski definition) is 5. The second-order valence-electron chi connectivity index (χ2n) is 7.15. The van der Waals surface area contributed by atoms with Gasteiger partial charge in [0, 0.05) is 22.5 Å². The lowest BCUT2D eigenvalue weighted by Crippen LogP contribution is -2.02. The molecule has 0 aliphatic carbocycles. The van der Waals surface area contributed by atoms with Crippen LogP contribution < -0.4 is 5.32 Å². The fourth-order valence-electron chi connectivity index (χ4n) is 3.43. The summed E-state index contributed by atoms with van der Waals surface area (Å²) in [6, 6.07) is 27.1. The molecule has 3 aromatic carbocycles. The van der Waals surface area contributed by atoms with Crippen LogP contribution in [-0.2, 0) is 0 Å². The number of anilines is 2. The number of ketones is 1. The Labute approximate surface area is 179 Å². The van der Waals surface area contributed by atoms with Gasteiger partial charge in [0.1, 0.15) is 6.33 Å². The van der Waals surface area contributed by atoms with Crippen LogP contribution in [0, 0.1) is 0 Å². The average Bonchev–Trinajstić information content (AvgIpc) is 3.25. The van der Waals surface area contributed by atoms with E-state index in [1.54, 1.807) is 19.3 Å². The molecule has 6 heteroatoms. The molecular weight excluding hydrogens is 386 g/mol. The molecule has 0 aliphatic rings. The molecule has 2 aromatic heterocycles. The number of Topliss-reactive ketones (excluding diaryl/α,β-unsaturated/α-hetero) is 1. The van der Waals surface area contributed by atoms with Crippen LogP contribution in [0.2, 0.25) is 0 Å². The van der Waals surface area contributed by atoms with Crippen molar-refractivity contribution in [3.63, 3.8) is 0 Å². The van der Waals surface area contributed by atoms with E-state index < -0.39 is 0 Å². The Kier molecular flexibility index (Phi) is 4.72. The van der Waals surface area contributed by atoms with Gasteiger partial charge >= 0.3 is 0 Å². The summed E-state index contributed by atoms with van der Waals surface area (Å²) in [6.07, 6.45) is 1.75. The lowest BCUT2D eigenvalue weighted by molar-refractivity contribution is 0.101. The fourth-order valence-corrected chi connectivity index (χ4v) is 3.43. The topological polar surface area (TPSA) is 72.7 Å². The number of aromatic nitrogens is 4. The Hall–Kier alpha value is -4.32. The number of para-hydroxylation sites is 2. The van der Waals surface area contributed by atoms with Gasteiger partial charge in [0.2, 0.25) is 0 Å². The quantitative estimate of drug-likeness (QED) is 0.395. The molecule has 0 bridgehead atoms. The van der Waals surface area contributed by atoms with E-state index in [0.717, 1.165) is 16.9 Å². The number of benzene rings is 3. The molecule has 1 N–H and O–H groups in total. The predicted octanol–water partition coefficient (Wildman–Crippen LogP) is 5.43. The Morgan fingerprint density at radius 2 is 1.61 bits per heavy atom. The summed E-state index contributed by atoms with van der Waals surface area (Å²) >= 11 is 0. The monoisotopic (exact) mass is 405 g/mol. The first-order valence-electron chi connectivity index (χ1n) is 9.93. The molecule has 0 atom stereocenters. The van der Waals surface area contributed by atoms with E-state index in [9.17, 15) is 4.79 Å². The highest BCUT2D eigenvalue weighted by Crippen LogP contribution is 2.28. The first-order chi connectivity index (χ1) is 15.2. The molecule has 0 fully saturated rings. The van der Waals surface area contributed by atoms with E-state index in [2.05, 4.69) is 10.3 Å². The van der Waals surface area contributed by atoms with Gasteiger partial charge in [-0.1, -0.05) is 54.6 Å². The number of carbonyl (C=O) groups is 1. The normalized spacial score (nSPS) is 10.9. The summed E-state index contributed by atoms with van der Waals surface area (Å²) < 4.78 is 1.94. The maximum absolute atomic E-state index is 11.9. The molecule has 150 valence electrons. The summed E-state index contributed by atoms with van der Waals surface area (Å²) in [4.78, 5) is 26.1. The first kappa shape index (κ1) is 18.7. The van der Waals surface area contributed by atoms with Crippen LogP contribution in [0.15, 0.2) is 91.3 Å². The van der Waals surface area contributed by atoms with Crippen LogP contribution in [0.1, 0.15) is 17.3 Å². The Balaban J connectivity index is 1.72. The van der Waals surface area contributed by atoms with Crippen LogP contribution in [0.5, 0.6) is 0 Å². The molecule has 0 unspecified atom stereocenters. The van der Waals surface area contributed by atoms with Crippen LogP contribution in [0.25, 0.3) is 28.2 Å². The number of imidazole rings is 1. The summed E-state index contributed by atoms with van der Waals surface area (Å²) in [5, 5.41) is 3.37. The van der Waals surface area contributed by atoms with Gasteiger partial charge in [-0.05, 0) is 37.3 Å². The van der Waals surface area contributed by atoms with Crippen LogP contribution in [0.3, 0.4) is 0 Å². The van der Waals surface area contributed by atoms with E-state index in [1.165, 1.54) is 0 Å². The average molecular weight is 405 g/mol. The second kappa shape index (κ2) is 7.84. The molecular formula is C25H19N5O. The Bertz CT molecular complexity index is 1380. The molecule has 0 aliphatic heterocycles. The number of nitrogens with one attached hydrogen (secondary N) is 1. The summed E-state index contributed by atoms with van der Waals surface area (Å²) in [5.41, 5.74) is 4.60. The highest BCUT2D eigenvalue weighted by molar-refractivity contribution is 5.95. The number of rotatable bonds is 5. The van der Waals surface area contributed by atoms with Gasteiger partial charge in [-0.25, -0.2) is 15.0 Å². The third-order valence-corrected chi connectivity index (χ3v) is 4.99. The van der Waals surface area contributed by atoms with Crippen molar-refractivity contribution < 1.29 is 4.79 Å². The minimum Gasteiger partial charge on any atom is -0.338 e. The van der Waals surface area contributed by atoms with Gasteiger partial charge in [0.15, 0.2) is 28.6 Å². The Morgan fingerprint density at radius 3 is 2.35 bits per heavy atom. The van der Waals surface area contributed by atoms with Gasteiger partial charge in [-0.3, -0.25) is 9.36 Å². The standard InChI is InChI=1S/C25H19N5O/c1-17(31)18-9-8-10-19(15-18)23-28-24(27-20-11-4-2-5-12-20)22-25(29-23)30(16-26-22)21-13-6-3-7-14-21/h2-16H,1H3,(H,27,28,29). The van der Waals surface area contributed by atoms with Crippen molar-refractivity contribution in [2.45, 2.75) is 6.92 Å². The smallest absolute Gasteiger partial charge is 0.170 e. The molecule has 0 saturated heterocycles. The number of fused-ring (bicyclic) bond motifs is 1. The van der Waals surface area contributed by atoms with Gasteiger partial charge in [-0.2, -0.15) is 0 Å². The van der Waals surface area contributed by atoms with Crippen LogP contribution in [-0.4, -0.2) is 25.3 Å². The van der Waals surface area contributed by atoms with Crippen molar-refractivity contribution in [2.24, 2.45) is 0 Å². The van der Waals surface area contributed by atoms with Crippen molar-refractivity contribution in [1.82, 2.24) is 19.5 Å². The molecule has 6 nitrogen and oxygen atoms in total. The van der Waals surface area contributed by atoms with E-state index in [0.29, 0.717) is 28.4 Å². The molecule has 0 amide bonds. The zero-order chi connectivity index (χ0) is 21.2. The van der Waals surface area contributed by atoms with Crippen molar-refractivity contribution in [1.29, 1.82) is 0 Å². The summed E-state index contributed by atoms with van der Waals surface area (Å²) in [5.74, 6) is 1.13. The van der Waals surface area contributed by atoms with Crippen molar-refractivity contribution in [3.8, 4) is 17.1 Å². The Morgan fingerprint density at radius 1 is 0.871 bits per heavy atom. The predicted molar refractivity (Wildman–Crippen MR) is 122 cm³/mol. The summed E-state index contributed by atoms with van der Waals surface area (Å²) in [7, 11) is 0. The molecule has 31 heavy (non-hydrogen) atoms. The number of nitrogens with zero attached hydrogens (tertiary/aromatic N) is 4. The molecule has 0 spiro atoms. The van der Waals surface area contributed by atoms with E-state index >= 15 is 0 Å². The molecule has 5 rings (SSSR count). The van der Waals surface area contributed by atoms with Crippen LogP contribution in [0.4, 0.5) is 11.5 Å². The third kappa shape index (κ3) is 3.67. The molecule has 5 aromatic rings. The van der Waals surface area contributed by atoms with Crippen molar-refractivity contribution >= 4 is 28.5 Å². The maximum Gasteiger partial charge on any atom is 0.170 e. The maximum atomic E-state index is 11.9. The van der Waals surface area contributed by atoms with E-state index in [1.807, 2.05) is 83.4 Å². The van der Waals surface area contributed by atoms with Gasteiger partial charge in [-0.15, -0.1) is 0 Å². The zero-order valence-corrected chi connectivity index (χ0v) is 16.9. The lowest BCUT2D eigenvalue weighted by Gasteiger charge is -2.10. The minimum absolute atomic E-state index is 0.000102. The second-order valence-corrected chi connectivity index (χ2v) is 7.15. The zero-order valence-electron chi connectivity index (χ0n) is 16.9. The molecule has 0 saturated carbocycles. The van der Waals surface area contributed by atoms with E-state index in [-0.39, 0.29) is 5.78 Å². The van der Waals surface area contributed by atoms with Crippen molar-refractivity contribution in [3.05, 3.63) is 96.8 Å². The van der Waals surface area contributed by atoms with Gasteiger partial charge in [0.05, 0.1) is 0 Å². The van der Waals surface area contributed by atoms with Gasteiger partial charge < -0.3 is 5.32 Å². The lowest BCUT2D eigenvalue weighted by atomic mass is 10.1. The number of hydrogen-bond donors (Lipinski definition) is 1. The van der Waals surface area contributed by atoms with E-state index in [4.69, 9.17) is 9.97 Å². The molecule has 2 heterocycles. The fraction of sp³-hybridized carbons (Fsp3) is 0.0400. The largest absolute Gasteiger partial charge is 0.338 e. The highest BCUT2D eigenvalue weighted by atomic mass is 16.1. The highest BCUT2D eigenvalue weighted by Gasteiger charge is 2.16. The SMILES string of the molecule is CC(=O)c1cccc(-c2nc(Nc3ccccc3)c3ncn(-c4ccccc4)c3n2)c1. The number of carbonyl (C=O) groups excluding carboxylic acids is 1. The minimum atomic E-state index is -0.000102.